The summed E-state index contributed by atoms with van der Waals surface area (Å²) in [5.41, 5.74) is 0. The standard InChI is InChI=1S/C9H11BrOS/c1-6(5-7(2)11)9-8(10)3-4-12-9/h3-4,6H,5H2,1-2H3. The topological polar surface area (TPSA) is 17.1 Å². The molecule has 1 aromatic rings. The molecular weight excluding hydrogens is 236 g/mol. The summed E-state index contributed by atoms with van der Waals surface area (Å²) in [6.07, 6.45) is 0.638. The fraction of sp³-hybridized carbons (Fsp3) is 0.444. The van der Waals surface area contributed by atoms with Crippen LogP contribution in [-0.4, -0.2) is 5.78 Å². The van der Waals surface area contributed by atoms with Crippen LogP contribution in [0.15, 0.2) is 15.9 Å². The molecule has 0 fully saturated rings. The zero-order valence-electron chi connectivity index (χ0n) is 7.13. The molecule has 0 saturated carbocycles. The summed E-state index contributed by atoms with van der Waals surface area (Å²) in [4.78, 5) is 12.1. The molecule has 1 nitrogen and oxygen atoms in total. The molecule has 1 unspecified atom stereocenters. The molecule has 0 aliphatic rings. The van der Waals surface area contributed by atoms with Crippen molar-refractivity contribution in [3.8, 4) is 0 Å². The number of halogens is 1. The minimum atomic E-state index is 0.253. The van der Waals surface area contributed by atoms with Gasteiger partial charge in [-0.3, -0.25) is 0 Å². The van der Waals surface area contributed by atoms with Crippen molar-refractivity contribution in [2.45, 2.75) is 26.2 Å². The molecule has 1 atom stereocenters. The van der Waals surface area contributed by atoms with Gasteiger partial charge in [0.2, 0.25) is 0 Å². The van der Waals surface area contributed by atoms with E-state index in [1.165, 1.54) is 4.88 Å². The number of carbonyl (C=O) groups is 1. The molecule has 66 valence electrons. The molecule has 0 N–H and O–H groups in total. The Morgan fingerprint density at radius 2 is 2.42 bits per heavy atom. The van der Waals surface area contributed by atoms with Gasteiger partial charge in [-0.15, -0.1) is 11.3 Å². The highest BCUT2D eigenvalue weighted by molar-refractivity contribution is 9.10. The minimum Gasteiger partial charge on any atom is -0.300 e. The molecule has 0 radical (unpaired) electrons. The van der Waals surface area contributed by atoms with Gasteiger partial charge in [-0.25, -0.2) is 0 Å². The second-order valence-corrected chi connectivity index (χ2v) is 4.74. The molecule has 0 aliphatic carbocycles. The summed E-state index contributed by atoms with van der Waals surface area (Å²) in [5, 5.41) is 2.04. The normalized spacial score (nSPS) is 12.9. The third kappa shape index (κ3) is 2.42. The van der Waals surface area contributed by atoms with E-state index in [1.54, 1.807) is 18.3 Å². The first-order chi connectivity index (χ1) is 5.61. The van der Waals surface area contributed by atoms with Crippen LogP contribution in [0.3, 0.4) is 0 Å². The van der Waals surface area contributed by atoms with Crippen LogP contribution in [0.5, 0.6) is 0 Å². The van der Waals surface area contributed by atoms with Gasteiger partial charge >= 0.3 is 0 Å². The number of hydrogen-bond acceptors (Lipinski definition) is 2. The Balaban J connectivity index is 2.71. The maximum Gasteiger partial charge on any atom is 0.130 e. The fourth-order valence-electron chi connectivity index (χ4n) is 1.18. The van der Waals surface area contributed by atoms with Crippen molar-refractivity contribution in [1.29, 1.82) is 0 Å². The number of carbonyl (C=O) groups excluding carboxylic acids is 1. The van der Waals surface area contributed by atoms with Gasteiger partial charge < -0.3 is 4.79 Å². The van der Waals surface area contributed by atoms with Gasteiger partial charge in [0.05, 0.1) is 0 Å². The second kappa shape index (κ2) is 4.19. The monoisotopic (exact) mass is 246 g/mol. The van der Waals surface area contributed by atoms with Crippen molar-refractivity contribution >= 4 is 33.0 Å². The lowest BCUT2D eigenvalue weighted by atomic mass is 10.0. The largest absolute Gasteiger partial charge is 0.300 e. The quantitative estimate of drug-likeness (QED) is 0.797. The molecule has 0 bridgehead atoms. The van der Waals surface area contributed by atoms with Crippen LogP contribution in [0.4, 0.5) is 0 Å². The Kier molecular flexibility index (Phi) is 3.47. The zero-order valence-corrected chi connectivity index (χ0v) is 9.54. The molecule has 1 rings (SSSR count). The molecule has 1 heterocycles. The fourth-order valence-corrected chi connectivity index (χ4v) is 3.01. The molecular formula is C9H11BrOS. The summed E-state index contributed by atoms with van der Waals surface area (Å²) in [5.74, 6) is 0.597. The third-order valence-corrected chi connectivity index (χ3v) is 3.79. The summed E-state index contributed by atoms with van der Waals surface area (Å²) < 4.78 is 1.13. The lowest BCUT2D eigenvalue weighted by Gasteiger charge is -2.06. The van der Waals surface area contributed by atoms with Gasteiger partial charge in [-0.1, -0.05) is 6.92 Å². The molecule has 0 aromatic carbocycles. The molecule has 0 aliphatic heterocycles. The van der Waals surface area contributed by atoms with E-state index in [0.29, 0.717) is 12.3 Å². The van der Waals surface area contributed by atoms with Crippen molar-refractivity contribution in [3.63, 3.8) is 0 Å². The lowest BCUT2D eigenvalue weighted by Crippen LogP contribution is -1.98. The van der Waals surface area contributed by atoms with Gasteiger partial charge in [0.25, 0.3) is 0 Å². The summed E-state index contributed by atoms with van der Waals surface area (Å²) in [6.45, 7) is 3.72. The highest BCUT2D eigenvalue weighted by Gasteiger charge is 2.12. The molecule has 0 amide bonds. The van der Waals surface area contributed by atoms with Crippen LogP contribution in [0.1, 0.15) is 31.1 Å². The number of thiophene rings is 1. The Morgan fingerprint density at radius 3 is 2.83 bits per heavy atom. The Morgan fingerprint density at radius 1 is 1.75 bits per heavy atom. The van der Waals surface area contributed by atoms with Gasteiger partial charge in [-0.2, -0.15) is 0 Å². The highest BCUT2D eigenvalue weighted by Crippen LogP contribution is 2.31. The molecule has 12 heavy (non-hydrogen) atoms. The van der Waals surface area contributed by atoms with Crippen molar-refractivity contribution in [3.05, 3.63) is 20.8 Å². The van der Waals surface area contributed by atoms with E-state index in [-0.39, 0.29) is 5.78 Å². The highest BCUT2D eigenvalue weighted by atomic mass is 79.9. The van der Waals surface area contributed by atoms with E-state index in [9.17, 15) is 4.79 Å². The number of hydrogen-bond donors (Lipinski definition) is 0. The maximum atomic E-state index is 10.8. The first-order valence-electron chi connectivity index (χ1n) is 3.83. The van der Waals surface area contributed by atoms with Gasteiger partial charge in [0.1, 0.15) is 5.78 Å². The van der Waals surface area contributed by atoms with E-state index >= 15 is 0 Å². The van der Waals surface area contributed by atoms with Gasteiger partial charge in [0.15, 0.2) is 0 Å². The maximum absolute atomic E-state index is 10.8. The minimum absolute atomic E-state index is 0.253. The summed E-state index contributed by atoms with van der Waals surface area (Å²) >= 11 is 5.16. The van der Waals surface area contributed by atoms with Gasteiger partial charge in [0, 0.05) is 15.8 Å². The molecule has 1 aromatic heterocycles. The van der Waals surface area contributed by atoms with Crippen LogP contribution in [-0.2, 0) is 4.79 Å². The van der Waals surface area contributed by atoms with Crippen molar-refractivity contribution in [2.24, 2.45) is 0 Å². The third-order valence-electron chi connectivity index (χ3n) is 1.69. The number of rotatable bonds is 3. The predicted molar refractivity (Wildman–Crippen MR) is 55.7 cm³/mol. The van der Waals surface area contributed by atoms with Crippen LogP contribution >= 0.6 is 27.3 Å². The van der Waals surface area contributed by atoms with E-state index in [2.05, 4.69) is 22.9 Å². The van der Waals surface area contributed by atoms with E-state index < -0.39 is 0 Å². The first kappa shape index (κ1) is 9.93. The average Bonchev–Trinajstić information content (AvgIpc) is 2.33. The van der Waals surface area contributed by atoms with Crippen molar-refractivity contribution in [1.82, 2.24) is 0 Å². The summed E-state index contributed by atoms with van der Waals surface area (Å²) in [6, 6.07) is 2.02. The van der Waals surface area contributed by atoms with Crippen LogP contribution < -0.4 is 0 Å². The molecule has 0 spiro atoms. The number of ketones is 1. The van der Waals surface area contributed by atoms with E-state index in [1.807, 2.05) is 11.4 Å². The van der Waals surface area contributed by atoms with Crippen molar-refractivity contribution < 1.29 is 4.79 Å². The van der Waals surface area contributed by atoms with Crippen LogP contribution in [0.25, 0.3) is 0 Å². The average molecular weight is 247 g/mol. The molecule has 3 heteroatoms. The van der Waals surface area contributed by atoms with E-state index in [0.717, 1.165) is 4.47 Å². The Bertz CT molecular complexity index is 280. The van der Waals surface area contributed by atoms with Gasteiger partial charge in [-0.05, 0) is 40.2 Å². The predicted octanol–water partition coefficient (Wildman–Crippen LogP) is 3.59. The van der Waals surface area contributed by atoms with Crippen LogP contribution in [0, 0.1) is 0 Å². The lowest BCUT2D eigenvalue weighted by molar-refractivity contribution is -0.117. The summed E-state index contributed by atoms with van der Waals surface area (Å²) in [7, 11) is 0. The van der Waals surface area contributed by atoms with E-state index in [4.69, 9.17) is 0 Å². The van der Waals surface area contributed by atoms with Crippen LogP contribution in [0.2, 0.25) is 0 Å². The van der Waals surface area contributed by atoms with Crippen molar-refractivity contribution in [2.75, 3.05) is 0 Å². The molecule has 0 saturated heterocycles. The first-order valence-corrected chi connectivity index (χ1v) is 5.51. The smallest absolute Gasteiger partial charge is 0.130 e. The zero-order chi connectivity index (χ0) is 9.14. The number of Topliss-reactive ketones (excluding diaryl/α,β-unsaturated/α-hetero) is 1. The second-order valence-electron chi connectivity index (χ2n) is 2.94. The SMILES string of the molecule is CC(=O)CC(C)c1sccc1Br. The Labute approximate surface area is 84.9 Å². The Hall–Kier alpha value is -0.150.